The van der Waals surface area contributed by atoms with E-state index in [4.69, 9.17) is 14.3 Å². The van der Waals surface area contributed by atoms with Crippen LogP contribution in [0.25, 0.3) is 11.3 Å². The second-order valence-corrected chi connectivity index (χ2v) is 5.08. The molecule has 2 aromatic rings. The van der Waals surface area contributed by atoms with E-state index in [0.717, 1.165) is 22.6 Å². The summed E-state index contributed by atoms with van der Waals surface area (Å²) in [4.78, 5) is 0. The molecule has 0 amide bonds. The summed E-state index contributed by atoms with van der Waals surface area (Å²) < 4.78 is 11.0. The van der Waals surface area contributed by atoms with Gasteiger partial charge in [0.15, 0.2) is 0 Å². The second-order valence-electron chi connectivity index (χ2n) is 5.08. The monoisotopic (exact) mass is 305 g/mol. The van der Waals surface area contributed by atoms with Gasteiger partial charge in [0.2, 0.25) is 0 Å². The fraction of sp³-hybridized carbons (Fsp3) is 0.412. The van der Waals surface area contributed by atoms with Crippen molar-refractivity contribution in [3.05, 3.63) is 47.7 Å². The zero-order valence-corrected chi connectivity index (χ0v) is 12.8. The van der Waals surface area contributed by atoms with Crippen molar-refractivity contribution in [3.63, 3.8) is 0 Å². The van der Waals surface area contributed by atoms with Gasteiger partial charge in [-0.3, -0.25) is 0 Å². The zero-order chi connectivity index (χ0) is 15.8. The number of hydrogen-bond acceptors (Lipinski definition) is 5. The molecule has 120 valence electrons. The van der Waals surface area contributed by atoms with Crippen molar-refractivity contribution in [2.24, 2.45) is 0 Å². The molecule has 1 unspecified atom stereocenters. The summed E-state index contributed by atoms with van der Waals surface area (Å²) in [5.74, 6) is 1.67. The van der Waals surface area contributed by atoms with Crippen LogP contribution in [0.3, 0.4) is 0 Å². The quantitative estimate of drug-likeness (QED) is 0.619. The Bertz CT molecular complexity index is 548. The van der Waals surface area contributed by atoms with E-state index in [1.807, 2.05) is 36.4 Å². The molecule has 0 fully saturated rings. The molecule has 0 radical (unpaired) electrons. The first-order chi connectivity index (χ1) is 10.7. The highest BCUT2D eigenvalue weighted by Gasteiger charge is 2.06. The number of rotatable bonds is 9. The Morgan fingerprint density at radius 2 is 1.91 bits per heavy atom. The van der Waals surface area contributed by atoms with Crippen LogP contribution >= 0.6 is 0 Å². The van der Waals surface area contributed by atoms with Crippen molar-refractivity contribution < 1.29 is 19.4 Å². The molecule has 22 heavy (non-hydrogen) atoms. The number of aliphatic hydroxyl groups is 2. The predicted molar refractivity (Wildman–Crippen MR) is 84.4 cm³/mol. The van der Waals surface area contributed by atoms with Gasteiger partial charge in [0.05, 0.1) is 32.5 Å². The van der Waals surface area contributed by atoms with Crippen molar-refractivity contribution in [1.29, 1.82) is 0 Å². The molecule has 0 bridgehead atoms. The fourth-order valence-electron chi connectivity index (χ4n) is 2.08. The van der Waals surface area contributed by atoms with E-state index in [1.165, 1.54) is 0 Å². The van der Waals surface area contributed by atoms with Gasteiger partial charge < -0.3 is 24.7 Å². The Morgan fingerprint density at radius 3 is 2.59 bits per heavy atom. The molecule has 3 N–H and O–H groups in total. The first-order valence-electron chi connectivity index (χ1n) is 7.47. The van der Waals surface area contributed by atoms with Crippen molar-refractivity contribution in [2.75, 3.05) is 26.4 Å². The first kappa shape index (κ1) is 16.7. The molecule has 0 saturated carbocycles. The first-order valence-corrected chi connectivity index (χ1v) is 7.47. The van der Waals surface area contributed by atoms with E-state index in [9.17, 15) is 5.11 Å². The van der Waals surface area contributed by atoms with Crippen LogP contribution in [-0.2, 0) is 11.3 Å². The standard InChI is InChI=1S/C17H23NO4/c1-13(20)14-2-4-15(5-3-14)17-7-6-16(22-17)12-18-8-10-21-11-9-19/h2-7,13,18-20H,8-12H2,1H3. The van der Waals surface area contributed by atoms with Crippen LogP contribution < -0.4 is 5.32 Å². The summed E-state index contributed by atoms with van der Waals surface area (Å²) in [6.07, 6.45) is -0.460. The number of ether oxygens (including phenoxy) is 1. The average Bonchev–Trinajstić information content (AvgIpc) is 3.00. The lowest BCUT2D eigenvalue weighted by Gasteiger charge is -2.05. The minimum absolute atomic E-state index is 0.0510. The maximum atomic E-state index is 9.51. The van der Waals surface area contributed by atoms with Crippen molar-refractivity contribution in [2.45, 2.75) is 19.6 Å². The SMILES string of the molecule is CC(O)c1ccc(-c2ccc(CNCCOCCO)o2)cc1. The van der Waals surface area contributed by atoms with Crippen LogP contribution in [0.5, 0.6) is 0 Å². The molecule has 1 aromatic carbocycles. The van der Waals surface area contributed by atoms with Gasteiger partial charge in [-0.2, -0.15) is 0 Å². The predicted octanol–water partition coefficient (Wildman–Crippen LogP) is 2.10. The van der Waals surface area contributed by atoms with Gasteiger partial charge in [-0.25, -0.2) is 0 Å². The van der Waals surface area contributed by atoms with Crippen LogP contribution in [0.4, 0.5) is 0 Å². The van der Waals surface area contributed by atoms with E-state index in [1.54, 1.807) is 6.92 Å². The molecule has 0 spiro atoms. The van der Waals surface area contributed by atoms with E-state index in [-0.39, 0.29) is 6.61 Å². The Labute approximate surface area is 130 Å². The fourth-order valence-corrected chi connectivity index (χ4v) is 2.08. The van der Waals surface area contributed by atoms with Gasteiger partial charge in [-0.1, -0.05) is 24.3 Å². The average molecular weight is 305 g/mol. The lowest BCUT2D eigenvalue weighted by molar-refractivity contribution is 0.0936. The van der Waals surface area contributed by atoms with Crippen LogP contribution in [0.1, 0.15) is 24.4 Å². The third kappa shape index (κ3) is 4.96. The van der Waals surface area contributed by atoms with Crippen LogP contribution in [0, 0.1) is 0 Å². The third-order valence-electron chi connectivity index (χ3n) is 3.30. The Morgan fingerprint density at radius 1 is 1.14 bits per heavy atom. The van der Waals surface area contributed by atoms with Crippen LogP contribution in [0.2, 0.25) is 0 Å². The normalized spacial score (nSPS) is 12.5. The van der Waals surface area contributed by atoms with Crippen LogP contribution in [-0.4, -0.2) is 36.6 Å². The van der Waals surface area contributed by atoms with E-state index >= 15 is 0 Å². The van der Waals surface area contributed by atoms with Gasteiger partial charge in [0, 0.05) is 12.1 Å². The Kier molecular flexibility index (Phi) is 6.61. The summed E-state index contributed by atoms with van der Waals surface area (Å²) in [5, 5.41) is 21.3. The summed E-state index contributed by atoms with van der Waals surface area (Å²) in [6, 6.07) is 11.6. The second kappa shape index (κ2) is 8.70. The largest absolute Gasteiger partial charge is 0.460 e. The molecule has 0 saturated heterocycles. The van der Waals surface area contributed by atoms with Crippen molar-refractivity contribution in [3.8, 4) is 11.3 Å². The molecular weight excluding hydrogens is 282 g/mol. The Hall–Kier alpha value is -1.66. The molecule has 2 rings (SSSR count). The molecule has 1 heterocycles. The highest BCUT2D eigenvalue weighted by atomic mass is 16.5. The molecular formula is C17H23NO4. The van der Waals surface area contributed by atoms with Gasteiger partial charge in [-0.15, -0.1) is 0 Å². The summed E-state index contributed by atoms with van der Waals surface area (Å²) in [6.45, 7) is 4.07. The molecule has 1 aromatic heterocycles. The number of hydrogen-bond donors (Lipinski definition) is 3. The third-order valence-corrected chi connectivity index (χ3v) is 3.30. The van der Waals surface area contributed by atoms with Crippen LogP contribution in [0.15, 0.2) is 40.8 Å². The maximum Gasteiger partial charge on any atom is 0.134 e. The summed E-state index contributed by atoms with van der Waals surface area (Å²) in [7, 11) is 0. The molecule has 0 aliphatic rings. The van der Waals surface area contributed by atoms with E-state index in [0.29, 0.717) is 26.3 Å². The minimum Gasteiger partial charge on any atom is -0.460 e. The highest BCUT2D eigenvalue weighted by Crippen LogP contribution is 2.24. The molecule has 5 nitrogen and oxygen atoms in total. The Balaban J connectivity index is 1.83. The molecule has 5 heteroatoms. The molecule has 0 aliphatic carbocycles. The highest BCUT2D eigenvalue weighted by molar-refractivity contribution is 5.58. The maximum absolute atomic E-state index is 9.51. The van der Waals surface area contributed by atoms with Gasteiger partial charge in [-0.05, 0) is 24.6 Å². The van der Waals surface area contributed by atoms with Gasteiger partial charge in [0.25, 0.3) is 0 Å². The number of furan rings is 1. The summed E-state index contributed by atoms with van der Waals surface area (Å²) >= 11 is 0. The number of aliphatic hydroxyl groups excluding tert-OH is 2. The van der Waals surface area contributed by atoms with Gasteiger partial charge >= 0.3 is 0 Å². The van der Waals surface area contributed by atoms with Crippen molar-refractivity contribution >= 4 is 0 Å². The number of nitrogens with one attached hydrogen (secondary N) is 1. The smallest absolute Gasteiger partial charge is 0.134 e. The van der Waals surface area contributed by atoms with E-state index in [2.05, 4.69) is 5.32 Å². The van der Waals surface area contributed by atoms with E-state index < -0.39 is 6.10 Å². The lowest BCUT2D eigenvalue weighted by Crippen LogP contribution is -2.19. The summed E-state index contributed by atoms with van der Waals surface area (Å²) in [5.41, 5.74) is 1.88. The molecule has 0 aliphatic heterocycles. The lowest BCUT2D eigenvalue weighted by atomic mass is 10.1. The zero-order valence-electron chi connectivity index (χ0n) is 12.8. The van der Waals surface area contributed by atoms with Crippen molar-refractivity contribution in [1.82, 2.24) is 5.32 Å². The topological polar surface area (TPSA) is 74.9 Å². The minimum atomic E-state index is -0.460. The number of benzene rings is 1. The molecule has 1 atom stereocenters. The van der Waals surface area contributed by atoms with Gasteiger partial charge in [0.1, 0.15) is 11.5 Å².